The fourth-order valence-electron chi connectivity index (χ4n) is 4.87. The molecule has 0 atom stereocenters. The number of nitrogens with two attached hydrogens (primary N) is 1. The molecule has 0 saturated heterocycles. The lowest BCUT2D eigenvalue weighted by atomic mass is 9.92. The molecule has 198 valence electrons. The molecule has 8 heteroatoms. The van der Waals surface area contributed by atoms with E-state index in [2.05, 4.69) is 5.32 Å². The first-order valence-electron chi connectivity index (χ1n) is 12.6. The molecular formula is C30H33N3O5. The second-order valence-corrected chi connectivity index (χ2v) is 9.14. The summed E-state index contributed by atoms with van der Waals surface area (Å²) in [5.41, 5.74) is 11.3. The highest BCUT2D eigenvalue weighted by Crippen LogP contribution is 2.40. The predicted octanol–water partition coefficient (Wildman–Crippen LogP) is 5.33. The van der Waals surface area contributed by atoms with E-state index >= 15 is 0 Å². The molecule has 8 nitrogen and oxygen atoms in total. The highest BCUT2D eigenvalue weighted by molar-refractivity contribution is 6.03. The van der Waals surface area contributed by atoms with Crippen molar-refractivity contribution >= 4 is 23.6 Å². The molecule has 1 aliphatic carbocycles. The second-order valence-electron chi connectivity index (χ2n) is 9.14. The Labute approximate surface area is 222 Å². The van der Waals surface area contributed by atoms with Gasteiger partial charge in [0.1, 0.15) is 11.3 Å². The fraction of sp³-hybridized carbons (Fsp3) is 0.300. The molecule has 0 bridgehead atoms. The topological polar surface area (TPSA) is 113 Å². The van der Waals surface area contributed by atoms with Crippen molar-refractivity contribution in [2.75, 3.05) is 27.1 Å². The molecule has 0 aliphatic heterocycles. The summed E-state index contributed by atoms with van der Waals surface area (Å²) in [5, 5.41) is 2.92. The van der Waals surface area contributed by atoms with Gasteiger partial charge in [-0.1, -0.05) is 49.2 Å². The molecule has 0 radical (unpaired) electrons. The molecular weight excluding hydrogens is 482 g/mol. The van der Waals surface area contributed by atoms with Gasteiger partial charge >= 0.3 is 5.97 Å². The first kappa shape index (κ1) is 26.7. The van der Waals surface area contributed by atoms with Gasteiger partial charge in [-0.15, -0.1) is 0 Å². The highest BCUT2D eigenvalue weighted by atomic mass is 16.5. The number of nitrogens with zero attached hydrogens (tertiary/aromatic N) is 1. The summed E-state index contributed by atoms with van der Waals surface area (Å²) >= 11 is 0. The molecule has 2 aromatic carbocycles. The SMILES string of the molecule is COC=Cc1c(C2CCCC2)nc(-c2ccc(CNC(=O)c3ccccc3OC)cc2)c(C(=O)OC)c1N. The number of nitrogens with one attached hydrogen (secondary N) is 1. The van der Waals surface area contributed by atoms with Crippen LogP contribution in [-0.4, -0.2) is 38.2 Å². The quantitative estimate of drug-likeness (QED) is 0.292. The minimum atomic E-state index is -0.553. The van der Waals surface area contributed by atoms with Crippen molar-refractivity contribution in [3.8, 4) is 17.0 Å². The fourth-order valence-corrected chi connectivity index (χ4v) is 4.87. The largest absolute Gasteiger partial charge is 0.504 e. The number of benzene rings is 2. The number of methoxy groups -OCH3 is 3. The molecule has 3 N–H and O–H groups in total. The Morgan fingerprint density at radius 1 is 1.05 bits per heavy atom. The van der Waals surface area contributed by atoms with Gasteiger partial charge in [0, 0.05) is 23.6 Å². The third-order valence-electron chi connectivity index (χ3n) is 6.84. The van der Waals surface area contributed by atoms with E-state index in [-0.39, 0.29) is 17.4 Å². The molecule has 38 heavy (non-hydrogen) atoms. The van der Waals surface area contributed by atoms with E-state index in [0.29, 0.717) is 34.8 Å². The lowest BCUT2D eigenvalue weighted by molar-refractivity contribution is 0.0602. The van der Waals surface area contributed by atoms with Gasteiger partial charge in [0.15, 0.2) is 0 Å². The number of carbonyl (C=O) groups excluding carboxylic acids is 2. The minimum Gasteiger partial charge on any atom is -0.504 e. The number of carbonyl (C=O) groups is 2. The average molecular weight is 516 g/mol. The Kier molecular flexibility index (Phi) is 8.63. The molecule has 1 fully saturated rings. The van der Waals surface area contributed by atoms with Crippen LogP contribution in [0.25, 0.3) is 17.3 Å². The van der Waals surface area contributed by atoms with Crippen molar-refractivity contribution in [3.05, 3.63) is 82.7 Å². The van der Waals surface area contributed by atoms with E-state index in [9.17, 15) is 9.59 Å². The van der Waals surface area contributed by atoms with Gasteiger partial charge in [0.25, 0.3) is 5.91 Å². The summed E-state index contributed by atoms with van der Waals surface area (Å²) in [7, 11) is 4.42. The zero-order valence-electron chi connectivity index (χ0n) is 22.0. The lowest BCUT2D eigenvalue weighted by Gasteiger charge is -2.20. The third-order valence-corrected chi connectivity index (χ3v) is 6.84. The summed E-state index contributed by atoms with van der Waals surface area (Å²) in [5.74, 6) is -0.0111. The summed E-state index contributed by atoms with van der Waals surface area (Å²) in [4.78, 5) is 30.5. The number of esters is 1. The van der Waals surface area contributed by atoms with E-state index in [1.807, 2.05) is 30.3 Å². The summed E-state index contributed by atoms with van der Waals surface area (Å²) in [6.07, 6.45) is 7.59. The van der Waals surface area contributed by atoms with E-state index in [4.69, 9.17) is 24.9 Å². The van der Waals surface area contributed by atoms with Gasteiger partial charge in [0.2, 0.25) is 0 Å². The number of amides is 1. The molecule has 1 heterocycles. The lowest BCUT2D eigenvalue weighted by Crippen LogP contribution is -2.23. The van der Waals surface area contributed by atoms with E-state index in [1.54, 1.807) is 37.6 Å². The monoisotopic (exact) mass is 515 g/mol. The average Bonchev–Trinajstić information content (AvgIpc) is 3.49. The van der Waals surface area contributed by atoms with Crippen LogP contribution >= 0.6 is 0 Å². The molecule has 4 rings (SSSR count). The number of aromatic nitrogens is 1. The number of anilines is 1. The maximum Gasteiger partial charge on any atom is 0.342 e. The number of hydrogen-bond donors (Lipinski definition) is 2. The maximum absolute atomic E-state index is 12.9. The van der Waals surface area contributed by atoms with Crippen LogP contribution in [0.4, 0.5) is 5.69 Å². The Bertz CT molecular complexity index is 1330. The molecule has 0 spiro atoms. The van der Waals surface area contributed by atoms with Gasteiger partial charge in [-0.05, 0) is 36.6 Å². The molecule has 3 aromatic rings. The minimum absolute atomic E-state index is 0.224. The highest BCUT2D eigenvalue weighted by Gasteiger charge is 2.28. The van der Waals surface area contributed by atoms with Gasteiger partial charge in [-0.2, -0.15) is 0 Å². The van der Waals surface area contributed by atoms with Crippen molar-refractivity contribution in [1.29, 1.82) is 0 Å². The smallest absolute Gasteiger partial charge is 0.342 e. The third kappa shape index (κ3) is 5.64. The van der Waals surface area contributed by atoms with Crippen molar-refractivity contribution in [2.24, 2.45) is 0 Å². The van der Waals surface area contributed by atoms with Crippen LogP contribution in [0.5, 0.6) is 5.75 Å². The second kappa shape index (κ2) is 12.3. The standard InChI is InChI=1S/C30H33N3O5/c1-36-17-16-23-26(31)25(30(35)38-3)28(33-27(23)20-8-4-5-9-20)21-14-12-19(13-15-21)18-32-29(34)22-10-6-7-11-24(22)37-2/h6-7,10-17,20H,4-5,8-9,18H2,1-3H3,(H2,31,33)(H,32,34). The van der Waals surface area contributed by atoms with Gasteiger partial charge in [0.05, 0.1) is 50.2 Å². The summed E-state index contributed by atoms with van der Waals surface area (Å²) in [6.45, 7) is 0.324. The van der Waals surface area contributed by atoms with Crippen molar-refractivity contribution in [3.63, 3.8) is 0 Å². The van der Waals surface area contributed by atoms with Crippen LogP contribution in [0, 0.1) is 0 Å². The molecule has 1 saturated carbocycles. The predicted molar refractivity (Wildman–Crippen MR) is 147 cm³/mol. The summed E-state index contributed by atoms with van der Waals surface area (Å²) < 4.78 is 15.5. The van der Waals surface area contributed by atoms with Crippen molar-refractivity contribution < 1.29 is 23.8 Å². The Morgan fingerprint density at radius 2 is 1.76 bits per heavy atom. The summed E-state index contributed by atoms with van der Waals surface area (Å²) in [6, 6.07) is 14.6. The van der Waals surface area contributed by atoms with Gasteiger partial charge in [-0.25, -0.2) is 4.79 Å². The first-order chi connectivity index (χ1) is 18.5. The Hall–Kier alpha value is -4.33. The van der Waals surface area contributed by atoms with Gasteiger partial charge in [-0.3, -0.25) is 9.78 Å². The van der Waals surface area contributed by atoms with E-state index in [1.165, 1.54) is 14.2 Å². The van der Waals surface area contributed by atoms with Crippen LogP contribution in [0.15, 0.2) is 54.8 Å². The first-order valence-corrected chi connectivity index (χ1v) is 12.6. The maximum atomic E-state index is 12.9. The van der Waals surface area contributed by atoms with Crippen LogP contribution in [0.2, 0.25) is 0 Å². The van der Waals surface area contributed by atoms with E-state index < -0.39 is 5.97 Å². The number of pyridine rings is 1. The zero-order chi connectivity index (χ0) is 27.1. The zero-order valence-corrected chi connectivity index (χ0v) is 22.0. The van der Waals surface area contributed by atoms with Crippen molar-refractivity contribution in [1.82, 2.24) is 10.3 Å². The van der Waals surface area contributed by atoms with Crippen LogP contribution in [-0.2, 0) is 16.0 Å². The molecule has 1 aromatic heterocycles. The number of nitrogen functional groups attached to an aromatic ring is 1. The van der Waals surface area contributed by atoms with E-state index in [0.717, 1.165) is 42.5 Å². The van der Waals surface area contributed by atoms with Crippen molar-refractivity contribution in [2.45, 2.75) is 38.1 Å². The molecule has 0 unspecified atom stereocenters. The number of para-hydroxylation sites is 1. The van der Waals surface area contributed by atoms with Crippen LogP contribution < -0.4 is 15.8 Å². The normalized spacial score (nSPS) is 13.4. The number of ether oxygens (including phenoxy) is 3. The van der Waals surface area contributed by atoms with Crippen LogP contribution in [0.1, 0.15) is 69.1 Å². The van der Waals surface area contributed by atoms with Crippen LogP contribution in [0.3, 0.4) is 0 Å². The Morgan fingerprint density at radius 3 is 2.42 bits per heavy atom. The molecule has 1 amide bonds. The van der Waals surface area contributed by atoms with Gasteiger partial charge < -0.3 is 25.3 Å². The number of hydrogen-bond acceptors (Lipinski definition) is 7. The Balaban J connectivity index is 1.66. The molecule has 1 aliphatic rings. The number of rotatable bonds is 9.